The second-order valence-corrected chi connectivity index (χ2v) is 1.95. The van der Waals surface area contributed by atoms with Crippen molar-refractivity contribution in [2.45, 2.75) is 20.3 Å². The highest BCUT2D eigenvalue weighted by Gasteiger charge is 1.82. The second-order valence-electron chi connectivity index (χ2n) is 1.95. The van der Waals surface area contributed by atoms with Gasteiger partial charge in [0.2, 0.25) is 0 Å². The van der Waals surface area contributed by atoms with E-state index >= 15 is 0 Å². The maximum Gasteiger partial charge on any atom is 0.300 e. The third-order valence-electron chi connectivity index (χ3n) is 0.939. The van der Waals surface area contributed by atoms with Crippen LogP contribution in [0.4, 0.5) is 0 Å². The highest BCUT2D eigenvalue weighted by Crippen LogP contribution is 1.88. The van der Waals surface area contributed by atoms with Crippen molar-refractivity contribution in [1.29, 1.82) is 0 Å². The van der Waals surface area contributed by atoms with Crippen LogP contribution in [0.25, 0.3) is 0 Å². The Balaban J connectivity index is 0.000000218. The van der Waals surface area contributed by atoms with E-state index in [2.05, 4.69) is 17.1 Å². The van der Waals surface area contributed by atoms with Gasteiger partial charge in [0.25, 0.3) is 5.97 Å². The van der Waals surface area contributed by atoms with E-state index in [4.69, 9.17) is 9.90 Å². The Morgan fingerprint density at radius 2 is 2.36 bits per heavy atom. The summed E-state index contributed by atoms with van der Waals surface area (Å²) in [6.07, 6.45) is 2.80. The van der Waals surface area contributed by atoms with Crippen molar-refractivity contribution in [3.05, 3.63) is 18.0 Å². The number of aryl methyl sites for hydroxylation is 1. The number of aromatic nitrogens is 2. The van der Waals surface area contributed by atoms with Crippen LogP contribution in [0.3, 0.4) is 0 Å². The predicted molar refractivity (Wildman–Crippen MR) is 41.3 cm³/mol. The van der Waals surface area contributed by atoms with Gasteiger partial charge in [-0.3, -0.25) is 9.89 Å². The molecule has 1 aromatic rings. The molecule has 0 aliphatic carbocycles. The van der Waals surface area contributed by atoms with Gasteiger partial charge in [0.15, 0.2) is 0 Å². The lowest BCUT2D eigenvalue weighted by atomic mass is 10.4. The molecule has 11 heavy (non-hydrogen) atoms. The van der Waals surface area contributed by atoms with E-state index in [-0.39, 0.29) is 0 Å². The van der Waals surface area contributed by atoms with Crippen molar-refractivity contribution in [2.75, 3.05) is 0 Å². The summed E-state index contributed by atoms with van der Waals surface area (Å²) in [6, 6.07) is 1.97. The molecule has 0 unspecified atom stereocenters. The third kappa shape index (κ3) is 6.57. The summed E-state index contributed by atoms with van der Waals surface area (Å²) in [5.74, 6) is -0.833. The largest absolute Gasteiger partial charge is 0.481 e. The highest BCUT2D eigenvalue weighted by molar-refractivity contribution is 5.62. The Morgan fingerprint density at radius 3 is 2.55 bits per heavy atom. The molecule has 62 valence electrons. The molecule has 0 radical (unpaired) electrons. The number of aromatic amines is 1. The van der Waals surface area contributed by atoms with Crippen LogP contribution in [-0.4, -0.2) is 21.3 Å². The first-order chi connectivity index (χ1) is 5.16. The lowest BCUT2D eigenvalue weighted by molar-refractivity contribution is -0.134. The maximum atomic E-state index is 9.00. The average Bonchev–Trinajstić information content (AvgIpc) is 2.36. The van der Waals surface area contributed by atoms with Crippen LogP contribution >= 0.6 is 0 Å². The Labute approximate surface area is 65.3 Å². The van der Waals surface area contributed by atoms with Gasteiger partial charge in [-0.2, -0.15) is 5.10 Å². The van der Waals surface area contributed by atoms with Crippen molar-refractivity contribution >= 4 is 5.97 Å². The molecule has 0 amide bonds. The summed E-state index contributed by atoms with van der Waals surface area (Å²) in [5.41, 5.74) is 1.19. The summed E-state index contributed by atoms with van der Waals surface area (Å²) in [4.78, 5) is 9.00. The van der Waals surface area contributed by atoms with Crippen LogP contribution in [-0.2, 0) is 11.2 Å². The smallest absolute Gasteiger partial charge is 0.300 e. The number of nitrogens with zero attached hydrogens (tertiary/aromatic N) is 1. The van der Waals surface area contributed by atoms with E-state index in [1.165, 1.54) is 5.69 Å². The molecular formula is C7H12N2O2. The molecule has 0 fully saturated rings. The van der Waals surface area contributed by atoms with Gasteiger partial charge in [0, 0.05) is 18.8 Å². The summed E-state index contributed by atoms with van der Waals surface area (Å²) in [6.45, 7) is 3.17. The summed E-state index contributed by atoms with van der Waals surface area (Å²) < 4.78 is 0. The fourth-order valence-electron chi connectivity index (χ4n) is 0.482. The molecule has 0 saturated heterocycles. The van der Waals surface area contributed by atoms with E-state index in [9.17, 15) is 0 Å². The number of rotatable bonds is 1. The quantitative estimate of drug-likeness (QED) is 0.639. The van der Waals surface area contributed by atoms with Gasteiger partial charge in [-0.1, -0.05) is 6.92 Å². The molecule has 0 aliphatic heterocycles. The first-order valence-corrected chi connectivity index (χ1v) is 3.34. The molecule has 1 aromatic heterocycles. The van der Waals surface area contributed by atoms with Gasteiger partial charge in [0.1, 0.15) is 0 Å². The molecule has 0 spiro atoms. The number of nitrogens with one attached hydrogen (secondary N) is 1. The SMILES string of the molecule is CC(=O)O.CCc1ccn[nH]1. The van der Waals surface area contributed by atoms with Crippen LogP contribution in [0.1, 0.15) is 19.5 Å². The molecule has 0 bridgehead atoms. The second kappa shape index (κ2) is 5.46. The van der Waals surface area contributed by atoms with Crippen LogP contribution in [0, 0.1) is 0 Å². The Hall–Kier alpha value is -1.32. The van der Waals surface area contributed by atoms with Crippen molar-refractivity contribution < 1.29 is 9.90 Å². The number of carboxylic acid groups (broad SMARTS) is 1. The van der Waals surface area contributed by atoms with E-state index < -0.39 is 5.97 Å². The minimum absolute atomic E-state index is 0.833. The van der Waals surface area contributed by atoms with Crippen LogP contribution in [0.15, 0.2) is 12.3 Å². The molecule has 2 N–H and O–H groups in total. The molecule has 0 saturated carbocycles. The van der Waals surface area contributed by atoms with Crippen LogP contribution in [0.2, 0.25) is 0 Å². The number of hydrogen-bond donors (Lipinski definition) is 2. The molecule has 0 aromatic carbocycles. The molecular weight excluding hydrogens is 144 g/mol. The number of aliphatic carboxylic acids is 1. The lowest BCUT2D eigenvalue weighted by Crippen LogP contribution is -1.78. The first kappa shape index (κ1) is 9.68. The summed E-state index contributed by atoms with van der Waals surface area (Å²) >= 11 is 0. The minimum atomic E-state index is -0.833. The molecule has 4 nitrogen and oxygen atoms in total. The zero-order valence-electron chi connectivity index (χ0n) is 6.66. The van der Waals surface area contributed by atoms with Crippen molar-refractivity contribution in [3.8, 4) is 0 Å². The summed E-state index contributed by atoms with van der Waals surface area (Å²) in [5, 5.41) is 14.0. The zero-order chi connectivity index (χ0) is 8.69. The van der Waals surface area contributed by atoms with E-state index in [0.717, 1.165) is 13.3 Å². The van der Waals surface area contributed by atoms with Crippen molar-refractivity contribution in [2.24, 2.45) is 0 Å². The third-order valence-corrected chi connectivity index (χ3v) is 0.939. The van der Waals surface area contributed by atoms with E-state index in [1.54, 1.807) is 6.20 Å². The molecule has 0 atom stereocenters. The molecule has 1 heterocycles. The average molecular weight is 156 g/mol. The number of hydrogen-bond acceptors (Lipinski definition) is 2. The van der Waals surface area contributed by atoms with Crippen molar-refractivity contribution in [3.63, 3.8) is 0 Å². The Bertz CT molecular complexity index is 190. The van der Waals surface area contributed by atoms with Gasteiger partial charge in [0.05, 0.1) is 0 Å². The lowest BCUT2D eigenvalue weighted by Gasteiger charge is -1.79. The Morgan fingerprint density at radius 1 is 1.82 bits per heavy atom. The molecule has 4 heteroatoms. The Kier molecular flexibility index (Phi) is 4.81. The number of carbonyl (C=O) groups is 1. The first-order valence-electron chi connectivity index (χ1n) is 3.34. The van der Waals surface area contributed by atoms with Gasteiger partial charge >= 0.3 is 0 Å². The topological polar surface area (TPSA) is 66.0 Å². The fraction of sp³-hybridized carbons (Fsp3) is 0.429. The standard InChI is InChI=1S/C5H8N2.C2H4O2/c1-2-5-3-4-6-7-5;1-2(3)4/h3-4H,2H2,1H3,(H,6,7);1H3,(H,3,4). The minimum Gasteiger partial charge on any atom is -0.481 e. The van der Waals surface area contributed by atoms with Crippen LogP contribution in [0.5, 0.6) is 0 Å². The number of H-pyrrole nitrogens is 1. The summed E-state index contributed by atoms with van der Waals surface area (Å²) in [7, 11) is 0. The molecule has 1 rings (SSSR count). The normalized spacial score (nSPS) is 8.18. The molecule has 0 aliphatic rings. The zero-order valence-corrected chi connectivity index (χ0v) is 6.66. The monoisotopic (exact) mass is 156 g/mol. The van der Waals surface area contributed by atoms with Crippen molar-refractivity contribution in [1.82, 2.24) is 10.2 Å². The predicted octanol–water partition coefficient (Wildman–Crippen LogP) is 1.06. The van der Waals surface area contributed by atoms with Gasteiger partial charge in [-0.25, -0.2) is 0 Å². The van der Waals surface area contributed by atoms with E-state index in [1.807, 2.05) is 6.07 Å². The maximum absolute atomic E-state index is 9.00. The van der Waals surface area contributed by atoms with Gasteiger partial charge < -0.3 is 5.11 Å². The highest BCUT2D eigenvalue weighted by atomic mass is 16.4. The van der Waals surface area contributed by atoms with Gasteiger partial charge in [-0.05, 0) is 12.5 Å². The number of carboxylic acids is 1. The van der Waals surface area contributed by atoms with Crippen LogP contribution < -0.4 is 0 Å². The fourth-order valence-corrected chi connectivity index (χ4v) is 0.482. The van der Waals surface area contributed by atoms with E-state index in [0.29, 0.717) is 0 Å². The van der Waals surface area contributed by atoms with Gasteiger partial charge in [-0.15, -0.1) is 0 Å².